The van der Waals surface area contributed by atoms with Crippen molar-refractivity contribution in [1.29, 1.82) is 5.26 Å². The van der Waals surface area contributed by atoms with Crippen LogP contribution in [0.1, 0.15) is 18.1 Å². The molecule has 0 radical (unpaired) electrons. The van der Waals surface area contributed by atoms with Crippen molar-refractivity contribution in [2.75, 3.05) is 11.9 Å². The Morgan fingerprint density at radius 3 is 2.52 bits per heavy atom. The van der Waals surface area contributed by atoms with Crippen molar-refractivity contribution in [3.05, 3.63) is 86.9 Å². The van der Waals surface area contributed by atoms with Gasteiger partial charge in [-0.3, -0.25) is 4.79 Å². The van der Waals surface area contributed by atoms with Crippen LogP contribution in [0.2, 0.25) is 5.02 Å². The number of carbonyl (C=O) groups excluding carboxylic acids is 1. The highest BCUT2D eigenvalue weighted by Crippen LogP contribution is 2.36. The van der Waals surface area contributed by atoms with E-state index in [0.29, 0.717) is 38.9 Å². The van der Waals surface area contributed by atoms with Crippen LogP contribution in [-0.4, -0.2) is 17.6 Å². The summed E-state index contributed by atoms with van der Waals surface area (Å²) in [4.78, 5) is 12.6. The van der Waals surface area contributed by atoms with Gasteiger partial charge in [-0.25, -0.2) is 0 Å². The van der Waals surface area contributed by atoms with Gasteiger partial charge in [0.25, 0.3) is 5.91 Å². The zero-order valence-corrected chi connectivity index (χ0v) is 20.0. The van der Waals surface area contributed by atoms with E-state index in [1.165, 1.54) is 30.3 Å². The molecular weight excluding hydrogens is 508 g/mol. The molecule has 0 unspecified atom stereocenters. The van der Waals surface area contributed by atoms with Gasteiger partial charge in [0.05, 0.1) is 6.61 Å². The maximum atomic E-state index is 12.6. The smallest absolute Gasteiger partial charge is 0.266 e. The number of phenols is 1. The zero-order valence-electron chi connectivity index (χ0n) is 17.6. The molecule has 1 amide bonds. The molecule has 0 aliphatic heterocycles. The zero-order chi connectivity index (χ0) is 23.8. The molecular formula is C25H20BrClN2O4. The van der Waals surface area contributed by atoms with Crippen LogP contribution in [0.3, 0.4) is 0 Å². The predicted octanol–water partition coefficient (Wildman–Crippen LogP) is 6.33. The van der Waals surface area contributed by atoms with E-state index in [2.05, 4.69) is 21.2 Å². The van der Waals surface area contributed by atoms with E-state index in [9.17, 15) is 15.2 Å². The predicted molar refractivity (Wildman–Crippen MR) is 131 cm³/mol. The number of hydrogen-bond acceptors (Lipinski definition) is 5. The molecule has 0 saturated carbocycles. The SMILES string of the molecule is CCOc1cc(/C=C(\C#N)C(=O)Nc2ccc(O)cc2)c(Br)cc1OCc1ccccc1Cl. The average Bonchev–Trinajstić information content (AvgIpc) is 2.80. The number of nitrogens with zero attached hydrogens (tertiary/aromatic N) is 1. The van der Waals surface area contributed by atoms with Gasteiger partial charge in [-0.05, 0) is 61.0 Å². The number of benzene rings is 3. The monoisotopic (exact) mass is 526 g/mol. The van der Waals surface area contributed by atoms with Crippen LogP contribution in [0.5, 0.6) is 17.2 Å². The Morgan fingerprint density at radius 1 is 1.15 bits per heavy atom. The van der Waals surface area contributed by atoms with Crippen molar-refractivity contribution in [3.63, 3.8) is 0 Å². The Bertz CT molecular complexity index is 1220. The summed E-state index contributed by atoms with van der Waals surface area (Å²) < 4.78 is 12.3. The molecule has 0 aliphatic carbocycles. The third-order valence-electron chi connectivity index (χ3n) is 4.49. The Balaban J connectivity index is 1.85. The number of halogens is 2. The third kappa shape index (κ3) is 6.51. The van der Waals surface area contributed by atoms with E-state index in [0.717, 1.165) is 5.56 Å². The minimum Gasteiger partial charge on any atom is -0.508 e. The van der Waals surface area contributed by atoms with Crippen molar-refractivity contribution in [2.45, 2.75) is 13.5 Å². The van der Waals surface area contributed by atoms with Gasteiger partial charge in [0.15, 0.2) is 11.5 Å². The third-order valence-corrected chi connectivity index (χ3v) is 5.55. The lowest BCUT2D eigenvalue weighted by molar-refractivity contribution is -0.112. The van der Waals surface area contributed by atoms with Crippen molar-refractivity contribution in [1.82, 2.24) is 0 Å². The Labute approximate surface area is 205 Å². The van der Waals surface area contributed by atoms with Crippen molar-refractivity contribution < 1.29 is 19.4 Å². The molecule has 0 aromatic heterocycles. The number of nitriles is 1. The van der Waals surface area contributed by atoms with Gasteiger partial charge in [0.1, 0.15) is 24.0 Å². The summed E-state index contributed by atoms with van der Waals surface area (Å²) in [7, 11) is 0. The quantitative estimate of drug-likeness (QED) is 0.203. The normalized spacial score (nSPS) is 10.9. The maximum absolute atomic E-state index is 12.6. The molecule has 0 fully saturated rings. The molecule has 0 saturated heterocycles. The highest BCUT2D eigenvalue weighted by Gasteiger charge is 2.15. The highest BCUT2D eigenvalue weighted by atomic mass is 79.9. The standard InChI is InChI=1S/C25H20BrClN2O4/c1-2-32-23-12-17(11-18(14-28)25(31)29-19-7-9-20(30)10-8-19)21(26)13-24(23)33-15-16-5-3-4-6-22(16)27/h3-13,30H,2,15H2,1H3,(H,29,31)/b18-11+. The number of hydrogen-bond donors (Lipinski definition) is 2. The lowest BCUT2D eigenvalue weighted by atomic mass is 10.1. The first-order chi connectivity index (χ1) is 15.9. The van der Waals surface area contributed by atoms with E-state index in [-0.39, 0.29) is 17.9 Å². The summed E-state index contributed by atoms with van der Waals surface area (Å²) in [6, 6.07) is 18.7. The highest BCUT2D eigenvalue weighted by molar-refractivity contribution is 9.10. The molecule has 0 bridgehead atoms. The molecule has 168 valence electrons. The number of rotatable bonds is 8. The largest absolute Gasteiger partial charge is 0.508 e. The van der Waals surface area contributed by atoms with Gasteiger partial charge in [-0.1, -0.05) is 45.7 Å². The first-order valence-electron chi connectivity index (χ1n) is 9.96. The van der Waals surface area contributed by atoms with Crippen LogP contribution < -0.4 is 14.8 Å². The number of ether oxygens (including phenoxy) is 2. The minimum atomic E-state index is -0.577. The topological polar surface area (TPSA) is 91.6 Å². The van der Waals surface area contributed by atoms with E-state index in [1.54, 1.807) is 18.2 Å². The van der Waals surface area contributed by atoms with Crippen LogP contribution in [0, 0.1) is 11.3 Å². The molecule has 3 aromatic carbocycles. The van der Waals surface area contributed by atoms with Gasteiger partial charge in [0.2, 0.25) is 0 Å². The van der Waals surface area contributed by atoms with E-state index >= 15 is 0 Å². The molecule has 0 atom stereocenters. The fourth-order valence-electron chi connectivity index (χ4n) is 2.86. The second-order valence-electron chi connectivity index (χ2n) is 6.80. The van der Waals surface area contributed by atoms with Gasteiger partial charge >= 0.3 is 0 Å². The number of carbonyl (C=O) groups is 1. The Morgan fingerprint density at radius 2 is 1.85 bits per heavy atom. The lowest BCUT2D eigenvalue weighted by Gasteiger charge is -2.15. The summed E-state index contributed by atoms with van der Waals surface area (Å²) in [5, 5.41) is 22.1. The second-order valence-corrected chi connectivity index (χ2v) is 8.07. The van der Waals surface area contributed by atoms with E-state index < -0.39 is 5.91 Å². The molecule has 33 heavy (non-hydrogen) atoms. The fraction of sp³-hybridized carbons (Fsp3) is 0.120. The first-order valence-corrected chi connectivity index (χ1v) is 11.1. The number of phenolic OH excluding ortho intramolecular Hbond substituents is 1. The van der Waals surface area contributed by atoms with E-state index in [1.807, 2.05) is 31.2 Å². The van der Waals surface area contributed by atoms with Crippen LogP contribution in [0.4, 0.5) is 5.69 Å². The fourth-order valence-corrected chi connectivity index (χ4v) is 3.49. The Kier molecular flexibility index (Phi) is 8.36. The Hall–Kier alpha value is -3.47. The molecule has 3 aromatic rings. The summed E-state index contributed by atoms with van der Waals surface area (Å²) in [5.74, 6) is 0.462. The maximum Gasteiger partial charge on any atom is 0.266 e. The van der Waals surface area contributed by atoms with Crippen LogP contribution in [-0.2, 0) is 11.4 Å². The lowest BCUT2D eigenvalue weighted by Crippen LogP contribution is -2.13. The van der Waals surface area contributed by atoms with Gasteiger partial charge in [0, 0.05) is 20.7 Å². The molecule has 0 spiro atoms. The van der Waals surface area contributed by atoms with Crippen molar-refractivity contribution in [2.24, 2.45) is 0 Å². The molecule has 0 aliphatic rings. The number of aromatic hydroxyl groups is 1. The molecule has 3 rings (SSSR count). The van der Waals surface area contributed by atoms with Crippen LogP contribution in [0.25, 0.3) is 6.08 Å². The second kappa shape index (κ2) is 11.4. The number of nitrogens with one attached hydrogen (secondary N) is 1. The van der Waals surface area contributed by atoms with Gasteiger partial charge < -0.3 is 19.9 Å². The van der Waals surface area contributed by atoms with Gasteiger partial charge in [-0.15, -0.1) is 0 Å². The summed E-state index contributed by atoms with van der Waals surface area (Å²) in [6.45, 7) is 2.50. The summed E-state index contributed by atoms with van der Waals surface area (Å²) in [5.41, 5.74) is 1.76. The van der Waals surface area contributed by atoms with Gasteiger partial charge in [-0.2, -0.15) is 5.26 Å². The average molecular weight is 528 g/mol. The molecule has 8 heteroatoms. The number of anilines is 1. The first kappa shape index (κ1) is 24.2. The van der Waals surface area contributed by atoms with E-state index in [4.69, 9.17) is 21.1 Å². The molecule has 2 N–H and O–H groups in total. The number of amides is 1. The minimum absolute atomic E-state index is 0.0771. The molecule has 0 heterocycles. The summed E-state index contributed by atoms with van der Waals surface area (Å²) >= 11 is 9.69. The van der Waals surface area contributed by atoms with Crippen molar-refractivity contribution in [3.8, 4) is 23.3 Å². The summed E-state index contributed by atoms with van der Waals surface area (Å²) in [6.07, 6.45) is 1.46. The van der Waals surface area contributed by atoms with Crippen LogP contribution in [0.15, 0.2) is 70.7 Å². The van der Waals surface area contributed by atoms with Crippen LogP contribution >= 0.6 is 27.5 Å². The molecule has 6 nitrogen and oxygen atoms in total. The van der Waals surface area contributed by atoms with Crippen molar-refractivity contribution >= 4 is 45.2 Å².